The maximum Gasteiger partial charge on any atom is 0.242 e. The molecule has 98 valence electrons. The highest BCUT2D eigenvalue weighted by molar-refractivity contribution is 7.89. The van der Waals surface area contributed by atoms with Gasteiger partial charge in [0, 0.05) is 6.54 Å². The quantitative estimate of drug-likeness (QED) is 0.894. The van der Waals surface area contributed by atoms with E-state index in [0.717, 1.165) is 7.11 Å². The SMILES string of the molecule is CCNS(=O)(=O)c1cc(F)c(F)c(OC)c1C#N. The van der Waals surface area contributed by atoms with Crippen molar-refractivity contribution >= 4 is 10.0 Å². The molecule has 18 heavy (non-hydrogen) atoms. The molecule has 0 spiro atoms. The Balaban J connectivity index is 3.66. The Bertz CT molecular complexity index is 609. The monoisotopic (exact) mass is 276 g/mol. The topological polar surface area (TPSA) is 79.2 Å². The lowest BCUT2D eigenvalue weighted by atomic mass is 10.2. The third kappa shape index (κ3) is 2.42. The van der Waals surface area contributed by atoms with Gasteiger partial charge in [-0.3, -0.25) is 0 Å². The van der Waals surface area contributed by atoms with Crippen molar-refractivity contribution in [3.05, 3.63) is 23.3 Å². The molecule has 1 aromatic rings. The van der Waals surface area contributed by atoms with Crippen LogP contribution in [-0.2, 0) is 10.0 Å². The van der Waals surface area contributed by atoms with Gasteiger partial charge in [-0.2, -0.15) is 9.65 Å². The molecule has 0 atom stereocenters. The Morgan fingerprint density at radius 2 is 2.11 bits per heavy atom. The molecule has 0 heterocycles. The standard InChI is InChI=1S/C10H10F2N2O3S/c1-3-14-18(15,16)8-4-7(11)9(12)10(17-2)6(8)5-13/h4,14H,3H2,1-2H3. The molecule has 0 bridgehead atoms. The molecule has 0 fully saturated rings. The fourth-order valence-electron chi connectivity index (χ4n) is 1.36. The van der Waals surface area contributed by atoms with E-state index in [4.69, 9.17) is 5.26 Å². The number of nitriles is 1. The summed E-state index contributed by atoms with van der Waals surface area (Å²) in [5, 5.41) is 8.87. The summed E-state index contributed by atoms with van der Waals surface area (Å²) in [5.41, 5.74) is -0.572. The van der Waals surface area contributed by atoms with Crippen molar-refractivity contribution < 1.29 is 21.9 Å². The van der Waals surface area contributed by atoms with E-state index in [1.54, 1.807) is 0 Å². The van der Waals surface area contributed by atoms with Crippen LogP contribution in [0.5, 0.6) is 5.75 Å². The van der Waals surface area contributed by atoms with Crippen molar-refractivity contribution in [3.8, 4) is 11.8 Å². The van der Waals surface area contributed by atoms with Gasteiger partial charge in [0.2, 0.25) is 15.8 Å². The zero-order valence-corrected chi connectivity index (χ0v) is 10.4. The van der Waals surface area contributed by atoms with Crippen LogP contribution >= 0.6 is 0 Å². The van der Waals surface area contributed by atoms with Crippen LogP contribution in [0.1, 0.15) is 12.5 Å². The molecule has 0 aromatic heterocycles. The van der Waals surface area contributed by atoms with Crippen LogP contribution < -0.4 is 9.46 Å². The number of ether oxygens (including phenoxy) is 1. The second-order valence-electron chi connectivity index (χ2n) is 3.19. The summed E-state index contributed by atoms with van der Waals surface area (Å²) in [6.45, 7) is 1.56. The Hall–Kier alpha value is -1.72. The Morgan fingerprint density at radius 1 is 1.50 bits per heavy atom. The molecule has 0 aliphatic carbocycles. The summed E-state index contributed by atoms with van der Waals surface area (Å²) >= 11 is 0. The molecular formula is C10H10F2N2O3S. The van der Waals surface area contributed by atoms with Gasteiger partial charge in [-0.05, 0) is 6.07 Å². The molecule has 1 N–H and O–H groups in total. The van der Waals surface area contributed by atoms with Crippen LogP contribution in [0.25, 0.3) is 0 Å². The van der Waals surface area contributed by atoms with Gasteiger partial charge in [-0.15, -0.1) is 0 Å². The first-order valence-electron chi connectivity index (χ1n) is 4.84. The zero-order valence-electron chi connectivity index (χ0n) is 9.62. The lowest BCUT2D eigenvalue weighted by Crippen LogP contribution is -2.24. The second kappa shape index (κ2) is 5.29. The smallest absolute Gasteiger partial charge is 0.242 e. The average Bonchev–Trinajstić information content (AvgIpc) is 2.31. The third-order valence-corrected chi connectivity index (χ3v) is 3.65. The average molecular weight is 276 g/mol. The summed E-state index contributed by atoms with van der Waals surface area (Å²) in [6, 6.07) is 1.95. The minimum Gasteiger partial charge on any atom is -0.492 e. The van der Waals surface area contributed by atoms with Gasteiger partial charge in [0.15, 0.2) is 11.6 Å². The number of rotatable bonds is 4. The van der Waals surface area contributed by atoms with Crippen LogP contribution in [0, 0.1) is 23.0 Å². The van der Waals surface area contributed by atoms with E-state index in [0.29, 0.717) is 6.07 Å². The molecule has 0 amide bonds. The number of hydrogen-bond donors (Lipinski definition) is 1. The van der Waals surface area contributed by atoms with E-state index in [9.17, 15) is 17.2 Å². The van der Waals surface area contributed by atoms with Crippen molar-refractivity contribution in [1.82, 2.24) is 4.72 Å². The van der Waals surface area contributed by atoms with Gasteiger partial charge in [0.25, 0.3) is 0 Å². The highest BCUT2D eigenvalue weighted by Gasteiger charge is 2.26. The van der Waals surface area contributed by atoms with Gasteiger partial charge < -0.3 is 4.74 Å². The number of nitrogens with zero attached hydrogens (tertiary/aromatic N) is 1. The lowest BCUT2D eigenvalue weighted by molar-refractivity contribution is 0.368. The van der Waals surface area contributed by atoms with Gasteiger partial charge >= 0.3 is 0 Å². The van der Waals surface area contributed by atoms with Gasteiger partial charge in [0.05, 0.1) is 7.11 Å². The van der Waals surface area contributed by atoms with E-state index in [1.807, 2.05) is 0 Å². The van der Waals surface area contributed by atoms with Crippen LogP contribution in [0.15, 0.2) is 11.0 Å². The maximum absolute atomic E-state index is 13.3. The van der Waals surface area contributed by atoms with Crippen LogP contribution in [0.4, 0.5) is 8.78 Å². The summed E-state index contributed by atoms with van der Waals surface area (Å²) in [7, 11) is -3.07. The van der Waals surface area contributed by atoms with Crippen LogP contribution in [0.3, 0.4) is 0 Å². The lowest BCUT2D eigenvalue weighted by Gasteiger charge is -2.11. The molecule has 1 rings (SSSR count). The number of halogens is 2. The van der Waals surface area contributed by atoms with Crippen molar-refractivity contribution in [2.45, 2.75) is 11.8 Å². The molecule has 0 aliphatic rings. The van der Waals surface area contributed by atoms with E-state index < -0.39 is 37.9 Å². The van der Waals surface area contributed by atoms with E-state index in [1.165, 1.54) is 13.0 Å². The third-order valence-electron chi connectivity index (χ3n) is 2.08. The van der Waals surface area contributed by atoms with Gasteiger partial charge in [-0.1, -0.05) is 6.92 Å². The minimum absolute atomic E-state index is 0.0501. The molecule has 0 unspecified atom stereocenters. The first-order chi connectivity index (χ1) is 8.38. The van der Waals surface area contributed by atoms with E-state index in [-0.39, 0.29) is 6.54 Å². The molecule has 0 aliphatic heterocycles. The zero-order chi connectivity index (χ0) is 13.9. The fourth-order valence-corrected chi connectivity index (χ4v) is 2.56. The minimum atomic E-state index is -4.08. The van der Waals surface area contributed by atoms with Crippen molar-refractivity contribution in [2.75, 3.05) is 13.7 Å². The number of methoxy groups -OCH3 is 1. The molecule has 8 heteroatoms. The van der Waals surface area contributed by atoms with Gasteiger partial charge in [-0.25, -0.2) is 17.5 Å². The summed E-state index contributed by atoms with van der Waals surface area (Å²) in [5.74, 6) is -3.53. The first kappa shape index (κ1) is 14.3. The summed E-state index contributed by atoms with van der Waals surface area (Å²) < 4.78 is 56.7. The molecule has 1 aromatic carbocycles. The number of hydrogen-bond acceptors (Lipinski definition) is 4. The Labute approximate surface area is 103 Å². The molecule has 0 radical (unpaired) electrons. The number of sulfonamides is 1. The van der Waals surface area contributed by atoms with Crippen LogP contribution in [-0.4, -0.2) is 22.1 Å². The number of nitrogens with one attached hydrogen (secondary N) is 1. The molecule has 0 saturated carbocycles. The normalized spacial score (nSPS) is 11.1. The first-order valence-corrected chi connectivity index (χ1v) is 6.33. The predicted molar refractivity (Wildman–Crippen MR) is 58.5 cm³/mol. The van der Waals surface area contributed by atoms with E-state index in [2.05, 4.69) is 9.46 Å². The van der Waals surface area contributed by atoms with Crippen molar-refractivity contribution in [3.63, 3.8) is 0 Å². The fraction of sp³-hybridized carbons (Fsp3) is 0.300. The van der Waals surface area contributed by atoms with Crippen molar-refractivity contribution in [2.24, 2.45) is 0 Å². The van der Waals surface area contributed by atoms with Crippen molar-refractivity contribution in [1.29, 1.82) is 5.26 Å². The second-order valence-corrected chi connectivity index (χ2v) is 4.93. The van der Waals surface area contributed by atoms with E-state index >= 15 is 0 Å². The molecule has 0 saturated heterocycles. The number of benzene rings is 1. The highest BCUT2D eigenvalue weighted by Crippen LogP contribution is 2.30. The molecular weight excluding hydrogens is 266 g/mol. The maximum atomic E-state index is 13.3. The van der Waals surface area contributed by atoms with Gasteiger partial charge in [0.1, 0.15) is 16.5 Å². The summed E-state index contributed by atoms with van der Waals surface area (Å²) in [6.07, 6.45) is 0. The summed E-state index contributed by atoms with van der Waals surface area (Å²) in [4.78, 5) is -0.650. The predicted octanol–water partition coefficient (Wildman–Crippen LogP) is 1.14. The highest BCUT2D eigenvalue weighted by atomic mass is 32.2. The molecule has 5 nitrogen and oxygen atoms in total. The Kier molecular flexibility index (Phi) is 4.21. The van der Waals surface area contributed by atoms with Crippen LogP contribution in [0.2, 0.25) is 0 Å². The Morgan fingerprint density at radius 3 is 2.56 bits per heavy atom. The largest absolute Gasteiger partial charge is 0.492 e.